The van der Waals surface area contributed by atoms with Gasteiger partial charge in [-0.1, -0.05) is 6.92 Å². The summed E-state index contributed by atoms with van der Waals surface area (Å²) in [5.41, 5.74) is 1.03. The van der Waals surface area contributed by atoms with E-state index in [1.54, 1.807) is 0 Å². The van der Waals surface area contributed by atoms with Gasteiger partial charge in [0.25, 0.3) is 5.91 Å². The third kappa shape index (κ3) is 2.58. The van der Waals surface area contributed by atoms with Gasteiger partial charge in [-0.25, -0.2) is 0 Å². The fraction of sp³-hybridized carbons (Fsp3) is 0.643. The molecule has 100 valence electrons. The predicted molar refractivity (Wildman–Crippen MR) is 70.5 cm³/mol. The molecule has 1 saturated heterocycles. The van der Waals surface area contributed by atoms with Crippen LogP contribution >= 0.6 is 0 Å². The van der Waals surface area contributed by atoms with E-state index in [4.69, 9.17) is 0 Å². The molecular weight excluding hydrogens is 228 g/mol. The quantitative estimate of drug-likeness (QED) is 0.859. The molecule has 0 radical (unpaired) electrons. The summed E-state index contributed by atoms with van der Waals surface area (Å²) in [6.07, 6.45) is 1.77. The van der Waals surface area contributed by atoms with E-state index in [2.05, 4.69) is 11.9 Å². The molecule has 0 aliphatic carbocycles. The molecule has 2 N–H and O–H groups in total. The molecule has 0 spiro atoms. The van der Waals surface area contributed by atoms with Crippen molar-refractivity contribution < 1.29 is 9.90 Å². The van der Waals surface area contributed by atoms with Crippen LogP contribution in [0.5, 0.6) is 0 Å². The minimum atomic E-state index is -0.709. The number of likely N-dealkylation sites (tertiary alicyclic amines) is 1. The van der Waals surface area contributed by atoms with Crippen molar-refractivity contribution >= 4 is 5.91 Å². The molecule has 4 nitrogen and oxygen atoms in total. The number of nitrogens with one attached hydrogen (secondary N) is 1. The van der Waals surface area contributed by atoms with Gasteiger partial charge in [-0.15, -0.1) is 0 Å². The normalized spacial score (nSPS) is 20.4. The second kappa shape index (κ2) is 4.76. The zero-order chi connectivity index (χ0) is 13.3. The zero-order valence-electron chi connectivity index (χ0n) is 11.4. The topological polar surface area (TPSA) is 56.3 Å². The molecule has 1 aliphatic heterocycles. The summed E-state index contributed by atoms with van der Waals surface area (Å²) < 4.78 is 0. The van der Waals surface area contributed by atoms with Crippen molar-refractivity contribution in [2.45, 2.75) is 39.2 Å². The van der Waals surface area contributed by atoms with Crippen LogP contribution < -0.4 is 0 Å². The molecule has 2 rings (SSSR count). The Bertz CT molecular complexity index is 431. The molecule has 2 heterocycles. The molecule has 0 aromatic carbocycles. The van der Waals surface area contributed by atoms with Crippen LogP contribution in [0, 0.1) is 5.92 Å². The first kappa shape index (κ1) is 13.1. The number of aromatic amines is 1. The lowest BCUT2D eigenvalue weighted by Crippen LogP contribution is -2.35. The molecule has 1 atom stereocenters. The first-order chi connectivity index (χ1) is 8.41. The number of aryl methyl sites for hydroxylation is 1. The highest BCUT2D eigenvalue weighted by atomic mass is 16.3. The van der Waals surface area contributed by atoms with E-state index in [0.717, 1.165) is 25.1 Å². The van der Waals surface area contributed by atoms with E-state index in [0.29, 0.717) is 12.2 Å². The van der Waals surface area contributed by atoms with E-state index in [9.17, 15) is 9.90 Å². The zero-order valence-corrected chi connectivity index (χ0v) is 11.4. The number of amides is 1. The summed E-state index contributed by atoms with van der Waals surface area (Å²) >= 11 is 0. The summed E-state index contributed by atoms with van der Waals surface area (Å²) in [7, 11) is 0. The van der Waals surface area contributed by atoms with Crippen molar-refractivity contribution in [1.29, 1.82) is 0 Å². The summed E-state index contributed by atoms with van der Waals surface area (Å²) in [5.74, 6) is 0.212. The first-order valence-corrected chi connectivity index (χ1v) is 6.61. The minimum Gasteiger partial charge on any atom is -0.390 e. The van der Waals surface area contributed by atoms with Gasteiger partial charge in [0.05, 0.1) is 5.60 Å². The molecule has 0 saturated carbocycles. The van der Waals surface area contributed by atoms with Crippen LogP contribution in [0.15, 0.2) is 12.1 Å². The largest absolute Gasteiger partial charge is 0.390 e. The van der Waals surface area contributed by atoms with E-state index in [-0.39, 0.29) is 11.8 Å². The van der Waals surface area contributed by atoms with Crippen LogP contribution in [0.4, 0.5) is 0 Å². The van der Waals surface area contributed by atoms with Gasteiger partial charge in [0.1, 0.15) is 5.69 Å². The first-order valence-electron chi connectivity index (χ1n) is 6.61. The molecule has 1 fully saturated rings. The van der Waals surface area contributed by atoms with Crippen molar-refractivity contribution in [2.24, 2.45) is 5.92 Å². The summed E-state index contributed by atoms with van der Waals surface area (Å²) in [5, 5.41) is 9.98. The molecule has 0 unspecified atom stereocenters. The van der Waals surface area contributed by atoms with E-state index >= 15 is 0 Å². The number of hydrogen-bond acceptors (Lipinski definition) is 2. The SMILES string of the molecule is CCc1ccc(C(=O)N2CC[C@H](C(C)(C)O)C2)[nH]1. The minimum absolute atomic E-state index is 0.0430. The summed E-state index contributed by atoms with van der Waals surface area (Å²) in [6.45, 7) is 7.06. The monoisotopic (exact) mass is 250 g/mol. The second-order valence-electron chi connectivity index (χ2n) is 5.64. The summed E-state index contributed by atoms with van der Waals surface area (Å²) in [6, 6.07) is 3.80. The van der Waals surface area contributed by atoms with Crippen molar-refractivity contribution in [2.75, 3.05) is 13.1 Å². The Morgan fingerprint density at radius 3 is 2.78 bits per heavy atom. The molecule has 1 aromatic heterocycles. The van der Waals surface area contributed by atoms with Gasteiger partial charge >= 0.3 is 0 Å². The Kier molecular flexibility index (Phi) is 3.48. The van der Waals surface area contributed by atoms with Crippen molar-refractivity contribution in [3.05, 3.63) is 23.5 Å². The van der Waals surface area contributed by atoms with Gasteiger partial charge in [0, 0.05) is 24.7 Å². The Morgan fingerprint density at radius 1 is 1.56 bits per heavy atom. The molecule has 18 heavy (non-hydrogen) atoms. The van der Waals surface area contributed by atoms with Gasteiger partial charge < -0.3 is 15.0 Å². The Hall–Kier alpha value is -1.29. The average Bonchev–Trinajstić information content (AvgIpc) is 2.96. The Morgan fingerprint density at radius 2 is 2.28 bits per heavy atom. The van der Waals surface area contributed by atoms with E-state index in [1.165, 1.54) is 0 Å². The molecular formula is C14H22N2O2. The molecule has 0 bridgehead atoms. The lowest BCUT2D eigenvalue weighted by Gasteiger charge is -2.25. The van der Waals surface area contributed by atoms with Crippen LogP contribution in [0.1, 0.15) is 43.4 Å². The number of aromatic nitrogens is 1. The number of H-pyrrole nitrogens is 1. The fourth-order valence-electron chi connectivity index (χ4n) is 2.46. The second-order valence-corrected chi connectivity index (χ2v) is 5.64. The smallest absolute Gasteiger partial charge is 0.270 e. The fourth-order valence-corrected chi connectivity index (χ4v) is 2.46. The average molecular weight is 250 g/mol. The highest BCUT2D eigenvalue weighted by molar-refractivity contribution is 5.92. The van der Waals surface area contributed by atoms with E-state index < -0.39 is 5.60 Å². The molecule has 1 aromatic rings. The van der Waals surface area contributed by atoms with Crippen LogP contribution in [0.25, 0.3) is 0 Å². The standard InChI is InChI=1S/C14H22N2O2/c1-4-11-5-6-12(15-11)13(17)16-8-7-10(9-16)14(2,3)18/h5-6,10,15,18H,4,7-9H2,1-3H3/t10-/m0/s1. The maximum Gasteiger partial charge on any atom is 0.270 e. The number of hydrogen-bond donors (Lipinski definition) is 2. The van der Waals surface area contributed by atoms with Crippen LogP contribution in [0.2, 0.25) is 0 Å². The summed E-state index contributed by atoms with van der Waals surface area (Å²) in [4.78, 5) is 17.2. The van der Waals surface area contributed by atoms with Gasteiger partial charge in [-0.2, -0.15) is 0 Å². The maximum absolute atomic E-state index is 12.3. The van der Waals surface area contributed by atoms with Gasteiger partial charge in [-0.3, -0.25) is 4.79 Å². The highest BCUT2D eigenvalue weighted by Crippen LogP contribution is 2.27. The number of aliphatic hydroxyl groups is 1. The van der Waals surface area contributed by atoms with Crippen LogP contribution in [-0.2, 0) is 6.42 Å². The third-order valence-corrected chi connectivity index (χ3v) is 3.83. The number of rotatable bonds is 3. The molecule has 4 heteroatoms. The number of nitrogens with zero attached hydrogens (tertiary/aromatic N) is 1. The molecule has 1 amide bonds. The van der Waals surface area contributed by atoms with Gasteiger partial charge in [0.15, 0.2) is 0 Å². The van der Waals surface area contributed by atoms with Crippen molar-refractivity contribution in [3.8, 4) is 0 Å². The highest BCUT2D eigenvalue weighted by Gasteiger charge is 2.35. The van der Waals surface area contributed by atoms with Gasteiger partial charge in [-0.05, 0) is 38.8 Å². The van der Waals surface area contributed by atoms with E-state index in [1.807, 2.05) is 30.9 Å². The lowest BCUT2D eigenvalue weighted by molar-refractivity contribution is 0.0211. The van der Waals surface area contributed by atoms with Gasteiger partial charge in [0.2, 0.25) is 0 Å². The van der Waals surface area contributed by atoms with Crippen molar-refractivity contribution in [1.82, 2.24) is 9.88 Å². The Balaban J connectivity index is 2.03. The van der Waals surface area contributed by atoms with Crippen LogP contribution in [0.3, 0.4) is 0 Å². The third-order valence-electron chi connectivity index (χ3n) is 3.83. The van der Waals surface area contributed by atoms with Crippen LogP contribution in [-0.4, -0.2) is 39.6 Å². The number of carbonyl (C=O) groups excluding carboxylic acids is 1. The van der Waals surface area contributed by atoms with Crippen molar-refractivity contribution in [3.63, 3.8) is 0 Å². The lowest BCUT2D eigenvalue weighted by atomic mass is 9.90. The Labute approximate surface area is 108 Å². The molecule has 1 aliphatic rings. The maximum atomic E-state index is 12.3. The predicted octanol–water partition coefficient (Wildman–Crippen LogP) is 1.81. The number of carbonyl (C=O) groups is 1.